The van der Waals surface area contributed by atoms with Gasteiger partial charge in [0.25, 0.3) is 0 Å². The number of rotatable bonds is 3. The standard InChI is InChI=1S/C22H25FN4O/c1-25-17-8-13(12-4-6-15(7-5-12)27(2)3)9-18-21(17)20-16(22(24)28)10-14(23)11-19(20)26-18/h4-7,10,13,19,26H,8-9,11H2,1-3H3,(H2,24,28). The van der Waals surface area contributed by atoms with Crippen molar-refractivity contribution in [2.75, 3.05) is 26.0 Å². The molecule has 2 atom stereocenters. The summed E-state index contributed by atoms with van der Waals surface area (Å²) in [5.74, 6) is -0.625. The van der Waals surface area contributed by atoms with Crippen LogP contribution < -0.4 is 16.0 Å². The van der Waals surface area contributed by atoms with Gasteiger partial charge in [-0.1, -0.05) is 12.1 Å². The lowest BCUT2D eigenvalue weighted by Gasteiger charge is -2.26. The molecule has 0 aromatic heterocycles. The maximum Gasteiger partial charge on any atom is 0.249 e. The first-order valence-electron chi connectivity index (χ1n) is 9.52. The van der Waals surface area contributed by atoms with Crippen molar-refractivity contribution < 1.29 is 9.18 Å². The van der Waals surface area contributed by atoms with E-state index in [1.807, 2.05) is 14.1 Å². The summed E-state index contributed by atoms with van der Waals surface area (Å²) in [4.78, 5) is 18.5. The summed E-state index contributed by atoms with van der Waals surface area (Å²) in [7, 11) is 5.82. The molecule has 2 aliphatic carbocycles. The summed E-state index contributed by atoms with van der Waals surface area (Å²) in [6, 6.07) is 8.32. The molecule has 0 fully saturated rings. The number of hydrogen-bond donors (Lipinski definition) is 2. The minimum absolute atomic E-state index is 0.234. The lowest BCUT2D eigenvalue weighted by atomic mass is 9.78. The van der Waals surface area contributed by atoms with Gasteiger partial charge >= 0.3 is 0 Å². The topological polar surface area (TPSA) is 70.7 Å². The molecule has 3 N–H and O–H groups in total. The van der Waals surface area contributed by atoms with E-state index in [0.29, 0.717) is 0 Å². The second-order valence-corrected chi connectivity index (χ2v) is 7.80. The minimum Gasteiger partial charge on any atom is -0.380 e. The number of benzene rings is 1. The van der Waals surface area contributed by atoms with Crippen LogP contribution in [0.2, 0.25) is 0 Å². The van der Waals surface area contributed by atoms with E-state index in [9.17, 15) is 9.18 Å². The molecule has 3 aliphatic rings. The predicted molar refractivity (Wildman–Crippen MR) is 110 cm³/mol. The van der Waals surface area contributed by atoms with Crippen LogP contribution in [0.3, 0.4) is 0 Å². The van der Waals surface area contributed by atoms with Gasteiger partial charge in [-0.25, -0.2) is 4.39 Å². The highest BCUT2D eigenvalue weighted by atomic mass is 19.1. The van der Waals surface area contributed by atoms with Crippen molar-refractivity contribution in [2.24, 2.45) is 10.7 Å². The highest BCUT2D eigenvalue weighted by molar-refractivity contribution is 6.10. The Morgan fingerprint density at radius 2 is 1.93 bits per heavy atom. The third kappa shape index (κ3) is 3.03. The molecule has 6 heteroatoms. The van der Waals surface area contributed by atoms with Crippen molar-refractivity contribution in [1.82, 2.24) is 5.32 Å². The van der Waals surface area contributed by atoms with Crippen LogP contribution in [0.4, 0.5) is 10.1 Å². The van der Waals surface area contributed by atoms with E-state index in [1.54, 1.807) is 7.05 Å². The second kappa shape index (κ2) is 6.93. The summed E-state index contributed by atoms with van der Waals surface area (Å²) in [5.41, 5.74) is 12.0. The molecule has 0 radical (unpaired) electrons. The summed E-state index contributed by atoms with van der Waals surface area (Å²) in [5, 5.41) is 3.45. The SMILES string of the molecule is CN=C1CC(c2ccc(N(C)C)cc2)CC2=C1C1=C(C(N)=O)C=C(F)CC1N2. The van der Waals surface area contributed by atoms with Crippen LogP contribution in [-0.4, -0.2) is 38.8 Å². The van der Waals surface area contributed by atoms with Gasteiger partial charge in [0.2, 0.25) is 5.91 Å². The number of carbonyl (C=O) groups excluding carboxylic acids is 1. The quantitative estimate of drug-likeness (QED) is 0.847. The lowest BCUT2D eigenvalue weighted by molar-refractivity contribution is -0.114. The van der Waals surface area contributed by atoms with Gasteiger partial charge in [0.15, 0.2) is 0 Å². The Balaban J connectivity index is 1.73. The molecule has 1 aromatic carbocycles. The fraction of sp³-hybridized carbons (Fsp3) is 0.364. The highest BCUT2D eigenvalue weighted by Crippen LogP contribution is 2.44. The van der Waals surface area contributed by atoms with Gasteiger partial charge in [0.1, 0.15) is 5.83 Å². The molecule has 5 nitrogen and oxygen atoms in total. The van der Waals surface area contributed by atoms with E-state index in [1.165, 1.54) is 11.6 Å². The first-order valence-corrected chi connectivity index (χ1v) is 9.52. The van der Waals surface area contributed by atoms with E-state index in [-0.39, 0.29) is 29.8 Å². The molecule has 1 heterocycles. The number of carbonyl (C=O) groups is 1. The molecule has 1 aliphatic heterocycles. The number of nitrogens with zero attached hydrogens (tertiary/aromatic N) is 2. The smallest absolute Gasteiger partial charge is 0.249 e. The van der Waals surface area contributed by atoms with Crippen molar-refractivity contribution in [3.8, 4) is 0 Å². The lowest BCUT2D eigenvalue weighted by Crippen LogP contribution is -2.29. The van der Waals surface area contributed by atoms with Gasteiger partial charge in [0.05, 0.1) is 6.04 Å². The van der Waals surface area contributed by atoms with Crippen molar-refractivity contribution in [3.05, 3.63) is 64.1 Å². The third-order valence-corrected chi connectivity index (χ3v) is 5.85. The van der Waals surface area contributed by atoms with Crippen molar-refractivity contribution in [3.63, 3.8) is 0 Å². The van der Waals surface area contributed by atoms with E-state index >= 15 is 0 Å². The average molecular weight is 380 g/mol. The minimum atomic E-state index is -0.595. The zero-order valence-electron chi connectivity index (χ0n) is 16.4. The fourth-order valence-electron chi connectivity index (χ4n) is 4.49. The largest absolute Gasteiger partial charge is 0.380 e. The summed E-state index contributed by atoms with van der Waals surface area (Å²) >= 11 is 0. The van der Waals surface area contributed by atoms with Crippen LogP contribution in [0.25, 0.3) is 0 Å². The van der Waals surface area contributed by atoms with Crippen LogP contribution in [0.15, 0.2) is 63.6 Å². The van der Waals surface area contributed by atoms with Crippen LogP contribution in [0, 0.1) is 0 Å². The van der Waals surface area contributed by atoms with E-state index in [0.717, 1.165) is 41.1 Å². The molecule has 1 aromatic rings. The van der Waals surface area contributed by atoms with Crippen LogP contribution in [0.1, 0.15) is 30.7 Å². The maximum absolute atomic E-state index is 14.1. The molecule has 4 rings (SSSR count). The monoisotopic (exact) mass is 380 g/mol. The first kappa shape index (κ1) is 18.5. The molecule has 1 amide bonds. The summed E-state index contributed by atoms with van der Waals surface area (Å²) in [6.07, 6.45) is 3.11. The Labute approximate surface area is 164 Å². The molecular formula is C22H25FN4O. The van der Waals surface area contributed by atoms with Crippen molar-refractivity contribution in [2.45, 2.75) is 31.2 Å². The average Bonchev–Trinajstić information content (AvgIpc) is 3.04. The zero-order valence-corrected chi connectivity index (χ0v) is 16.4. The number of nitrogens with two attached hydrogens (primary N) is 1. The van der Waals surface area contributed by atoms with Crippen LogP contribution in [0.5, 0.6) is 0 Å². The molecule has 146 valence electrons. The second-order valence-electron chi connectivity index (χ2n) is 7.80. The van der Waals surface area contributed by atoms with E-state index < -0.39 is 5.91 Å². The third-order valence-electron chi connectivity index (χ3n) is 5.85. The number of anilines is 1. The molecule has 0 spiro atoms. The predicted octanol–water partition coefficient (Wildman–Crippen LogP) is 2.97. The number of primary amides is 1. The Morgan fingerprint density at radius 1 is 1.21 bits per heavy atom. The highest BCUT2D eigenvalue weighted by Gasteiger charge is 2.41. The number of aliphatic imine (C=N–C) groups is 1. The number of fused-ring (bicyclic) bond motifs is 2. The van der Waals surface area contributed by atoms with Gasteiger partial charge in [-0.3, -0.25) is 9.79 Å². The van der Waals surface area contributed by atoms with Crippen molar-refractivity contribution in [1.29, 1.82) is 0 Å². The molecular weight excluding hydrogens is 355 g/mol. The van der Waals surface area contributed by atoms with Gasteiger partial charge in [-0.05, 0) is 48.1 Å². The van der Waals surface area contributed by atoms with E-state index in [4.69, 9.17) is 5.73 Å². The van der Waals surface area contributed by atoms with E-state index in [2.05, 4.69) is 39.5 Å². The molecule has 28 heavy (non-hydrogen) atoms. The molecule has 0 saturated heterocycles. The van der Waals surface area contributed by atoms with Gasteiger partial charge in [0, 0.05) is 55.8 Å². The first-order chi connectivity index (χ1) is 13.4. The summed E-state index contributed by atoms with van der Waals surface area (Å²) < 4.78 is 14.1. The Hall–Kier alpha value is -2.89. The Morgan fingerprint density at radius 3 is 2.54 bits per heavy atom. The number of amides is 1. The normalized spacial score (nSPS) is 25.3. The molecule has 0 bridgehead atoms. The van der Waals surface area contributed by atoms with Gasteiger partial charge < -0.3 is 16.0 Å². The number of halogens is 1. The zero-order chi connectivity index (χ0) is 20.0. The molecule has 0 saturated carbocycles. The van der Waals surface area contributed by atoms with Crippen LogP contribution in [-0.2, 0) is 4.79 Å². The van der Waals surface area contributed by atoms with Crippen molar-refractivity contribution >= 4 is 17.3 Å². The van der Waals surface area contributed by atoms with Gasteiger partial charge in [-0.15, -0.1) is 0 Å². The Bertz CT molecular complexity index is 953. The fourth-order valence-corrected chi connectivity index (χ4v) is 4.49. The molecule has 2 unspecified atom stereocenters. The maximum atomic E-state index is 14.1. The van der Waals surface area contributed by atoms with Crippen LogP contribution >= 0.6 is 0 Å². The Kier molecular flexibility index (Phi) is 4.57. The number of nitrogens with one attached hydrogen (secondary N) is 1. The number of allylic oxidation sites excluding steroid dienone is 1. The number of hydrogen-bond acceptors (Lipinski definition) is 4. The van der Waals surface area contributed by atoms with Gasteiger partial charge in [-0.2, -0.15) is 0 Å². The summed E-state index contributed by atoms with van der Waals surface area (Å²) in [6.45, 7) is 0.